The third kappa shape index (κ3) is 6.05. The van der Waals surface area contributed by atoms with Crippen LogP contribution in [0.5, 0.6) is 5.75 Å². The number of rotatable bonds is 5. The maximum absolute atomic E-state index is 14.6. The van der Waals surface area contributed by atoms with E-state index in [-0.39, 0.29) is 11.8 Å². The highest BCUT2D eigenvalue weighted by Crippen LogP contribution is 2.68. The van der Waals surface area contributed by atoms with Crippen molar-refractivity contribution in [2.75, 3.05) is 12.0 Å². The number of aromatic nitrogens is 2. The molecule has 2 amide bonds. The van der Waals surface area contributed by atoms with Crippen LogP contribution in [0.2, 0.25) is 0 Å². The Kier molecular flexibility index (Phi) is 8.08. The van der Waals surface area contributed by atoms with Gasteiger partial charge in [0.05, 0.1) is 34.8 Å². The van der Waals surface area contributed by atoms with E-state index in [1.54, 1.807) is 66.9 Å². The lowest BCUT2D eigenvalue weighted by molar-refractivity contribution is -0.120. The lowest BCUT2D eigenvalue weighted by Crippen LogP contribution is -2.41. The van der Waals surface area contributed by atoms with Gasteiger partial charge in [0.2, 0.25) is 5.91 Å². The highest BCUT2D eigenvalue weighted by Gasteiger charge is 2.69. The molecule has 1 saturated carbocycles. The molecule has 2 heterocycles. The minimum Gasteiger partial charge on any atom is -0.497 e. The highest BCUT2D eigenvalue weighted by atomic mass is 16.6. The summed E-state index contributed by atoms with van der Waals surface area (Å²) in [6.45, 7) is 10.7. The number of imide groups is 1. The number of carbonyl (C=O) groups is 3. The molecule has 5 aromatic rings. The van der Waals surface area contributed by atoms with Gasteiger partial charge in [0.15, 0.2) is 5.82 Å². The zero-order valence-corrected chi connectivity index (χ0v) is 29.8. The summed E-state index contributed by atoms with van der Waals surface area (Å²) in [6.07, 6.45) is -0.978. The van der Waals surface area contributed by atoms with Gasteiger partial charge in [-0.2, -0.15) is 4.68 Å². The Morgan fingerprint density at radius 1 is 0.804 bits per heavy atom. The van der Waals surface area contributed by atoms with Crippen LogP contribution in [0.25, 0.3) is 10.9 Å². The molecule has 0 saturated heterocycles. The third-order valence-corrected chi connectivity index (χ3v) is 9.02. The number of hydrogen-bond acceptors (Lipinski definition) is 8. The lowest BCUT2D eigenvalue weighted by atomic mass is 9.90. The number of methoxy groups -OCH3 is 1. The molecule has 1 aromatic heterocycles. The Morgan fingerprint density at radius 2 is 1.41 bits per heavy atom. The number of carbonyl (C=O) groups excluding carboxylic acids is 3. The molecule has 2 atom stereocenters. The molecule has 0 radical (unpaired) electrons. The van der Waals surface area contributed by atoms with E-state index < -0.39 is 28.8 Å². The topological polar surface area (TPSA) is 112 Å². The second-order valence-electron chi connectivity index (χ2n) is 14.9. The minimum atomic E-state index is -1.08. The van der Waals surface area contributed by atoms with E-state index in [9.17, 15) is 14.4 Å². The molecule has 0 N–H and O–H groups in total. The molecular weight excluding hydrogens is 644 g/mol. The molecule has 2 aliphatic rings. The molecule has 51 heavy (non-hydrogen) atoms. The van der Waals surface area contributed by atoms with Crippen LogP contribution in [0.4, 0.5) is 21.1 Å². The number of hydrogen-bond donors (Lipinski definition) is 0. The summed E-state index contributed by atoms with van der Waals surface area (Å²) in [6, 6.07) is 30.4. The number of anilines is 1. The Bertz CT molecular complexity index is 2170. The summed E-state index contributed by atoms with van der Waals surface area (Å²) in [4.78, 5) is 48.1. The maximum Gasteiger partial charge on any atom is 0.435 e. The number of ether oxygens (including phenoxy) is 3. The molecule has 1 aliphatic carbocycles. The van der Waals surface area contributed by atoms with Gasteiger partial charge in [-0.25, -0.2) is 19.5 Å². The molecule has 10 nitrogen and oxygen atoms in total. The largest absolute Gasteiger partial charge is 0.497 e. The quantitative estimate of drug-likeness (QED) is 0.170. The third-order valence-electron chi connectivity index (χ3n) is 9.02. The Hall–Kier alpha value is -5.77. The highest BCUT2D eigenvalue weighted by molar-refractivity contribution is 6.23. The van der Waals surface area contributed by atoms with Crippen molar-refractivity contribution in [3.63, 3.8) is 0 Å². The predicted octanol–water partition coefficient (Wildman–Crippen LogP) is 8.70. The van der Waals surface area contributed by atoms with Gasteiger partial charge < -0.3 is 14.2 Å². The first kappa shape index (κ1) is 33.7. The normalized spacial score (nSPS) is 18.1. The van der Waals surface area contributed by atoms with Crippen molar-refractivity contribution in [3.05, 3.63) is 119 Å². The van der Waals surface area contributed by atoms with E-state index in [1.807, 2.05) is 78.9 Å². The van der Waals surface area contributed by atoms with E-state index in [0.717, 1.165) is 21.6 Å². The molecule has 0 unspecified atom stereocenters. The van der Waals surface area contributed by atoms with Gasteiger partial charge in [0, 0.05) is 17.0 Å². The molecule has 4 aromatic carbocycles. The summed E-state index contributed by atoms with van der Waals surface area (Å²) < 4.78 is 18.3. The van der Waals surface area contributed by atoms with Crippen LogP contribution in [0.1, 0.15) is 76.1 Å². The Morgan fingerprint density at radius 3 is 2.00 bits per heavy atom. The fraction of sp³-hybridized carbons (Fsp3) is 0.293. The number of fused-ring (bicyclic) bond motifs is 3. The van der Waals surface area contributed by atoms with E-state index >= 15 is 0 Å². The maximum atomic E-state index is 14.6. The SMILES string of the molecule is COc1ccc2c(c1)[C@]1(C[C@H]1c1cccc3c1c(N=C(c1ccccc1)c1ccccc1)nn3C(=O)OC(C)(C)C)C(=O)N2C(=O)OC(C)(C)C. The molecule has 1 spiro atoms. The van der Waals surface area contributed by atoms with Crippen LogP contribution in [-0.4, -0.2) is 51.9 Å². The average molecular weight is 685 g/mol. The first-order chi connectivity index (χ1) is 24.2. The van der Waals surface area contributed by atoms with Gasteiger partial charge in [-0.3, -0.25) is 4.79 Å². The molecule has 260 valence electrons. The number of aliphatic imine (C=N–C) groups is 1. The fourth-order valence-electron chi connectivity index (χ4n) is 6.86. The lowest BCUT2D eigenvalue weighted by Gasteiger charge is -2.24. The second kappa shape index (κ2) is 12.2. The summed E-state index contributed by atoms with van der Waals surface area (Å²) in [5, 5.41) is 5.40. The monoisotopic (exact) mass is 684 g/mol. The average Bonchev–Trinajstić information content (AvgIpc) is 3.65. The van der Waals surface area contributed by atoms with Gasteiger partial charge in [-0.05, 0) is 83.4 Å². The predicted molar refractivity (Wildman–Crippen MR) is 195 cm³/mol. The van der Waals surface area contributed by atoms with E-state index in [0.29, 0.717) is 45.9 Å². The van der Waals surface area contributed by atoms with Crippen LogP contribution in [0.3, 0.4) is 0 Å². The van der Waals surface area contributed by atoms with Crippen molar-refractivity contribution in [1.82, 2.24) is 9.78 Å². The van der Waals surface area contributed by atoms with Crippen LogP contribution < -0.4 is 9.64 Å². The van der Waals surface area contributed by atoms with Crippen LogP contribution >= 0.6 is 0 Å². The zero-order valence-electron chi connectivity index (χ0n) is 29.8. The van der Waals surface area contributed by atoms with Crippen molar-refractivity contribution in [3.8, 4) is 5.75 Å². The number of benzene rings is 4. The van der Waals surface area contributed by atoms with Crippen molar-refractivity contribution < 1.29 is 28.6 Å². The summed E-state index contributed by atoms with van der Waals surface area (Å²) >= 11 is 0. The van der Waals surface area contributed by atoms with E-state index in [1.165, 1.54) is 4.68 Å². The van der Waals surface area contributed by atoms with E-state index in [4.69, 9.17) is 24.3 Å². The van der Waals surface area contributed by atoms with E-state index in [2.05, 4.69) is 0 Å². The van der Waals surface area contributed by atoms with Crippen molar-refractivity contribution in [1.29, 1.82) is 0 Å². The number of nitrogens with zero attached hydrogens (tertiary/aromatic N) is 4. The molecule has 1 fully saturated rings. The summed E-state index contributed by atoms with van der Waals surface area (Å²) in [7, 11) is 1.56. The van der Waals surface area contributed by atoms with Crippen molar-refractivity contribution >= 4 is 46.2 Å². The van der Waals surface area contributed by atoms with Gasteiger partial charge in [0.25, 0.3) is 0 Å². The molecule has 10 heteroatoms. The molecule has 1 aliphatic heterocycles. The molecule has 0 bridgehead atoms. The first-order valence-electron chi connectivity index (χ1n) is 16.9. The molecule has 7 rings (SSSR count). The van der Waals surface area contributed by atoms with Crippen molar-refractivity contribution in [2.45, 2.75) is 70.5 Å². The standard InChI is InChI=1S/C41H40N4O6/c1-39(2,3)50-37(47)44-31-22-21-27(49-7)23-29(31)41(36(44)46)24-30(41)28-19-14-20-32-33(28)35(43-45(32)38(48)51-40(4,5)6)42-34(25-15-10-8-11-16-25)26-17-12-9-13-18-26/h8-23,30H,24H2,1-7H3/t30-,41-/m0/s1. The van der Waals surface area contributed by atoms with Crippen molar-refractivity contribution in [2.24, 2.45) is 4.99 Å². The zero-order chi connectivity index (χ0) is 36.3. The number of amides is 2. The fourth-order valence-corrected chi connectivity index (χ4v) is 6.86. The smallest absolute Gasteiger partial charge is 0.435 e. The van der Waals surface area contributed by atoms with Gasteiger partial charge in [0.1, 0.15) is 17.0 Å². The Labute approximate surface area is 296 Å². The van der Waals surface area contributed by atoms with Crippen LogP contribution in [0, 0.1) is 0 Å². The molecular formula is C41H40N4O6. The van der Waals surface area contributed by atoms with Crippen LogP contribution in [0.15, 0.2) is 102 Å². The second-order valence-corrected chi connectivity index (χ2v) is 14.9. The first-order valence-corrected chi connectivity index (χ1v) is 16.9. The van der Waals surface area contributed by atoms with Gasteiger partial charge >= 0.3 is 12.2 Å². The van der Waals surface area contributed by atoms with Gasteiger partial charge in [-0.1, -0.05) is 72.8 Å². The minimum absolute atomic E-state index is 0.302. The summed E-state index contributed by atoms with van der Waals surface area (Å²) in [5.74, 6) is 0.112. The van der Waals surface area contributed by atoms with Crippen LogP contribution in [-0.2, 0) is 19.7 Å². The Balaban J connectivity index is 1.44. The van der Waals surface area contributed by atoms with Gasteiger partial charge in [-0.15, -0.1) is 5.10 Å². The summed E-state index contributed by atoms with van der Waals surface area (Å²) in [5.41, 5.74) is 2.13.